The van der Waals surface area contributed by atoms with E-state index >= 15 is 0 Å². The van der Waals surface area contributed by atoms with Crippen LogP contribution in [-0.2, 0) is 14.3 Å². The molecule has 1 saturated heterocycles. The van der Waals surface area contributed by atoms with Crippen molar-refractivity contribution in [1.82, 2.24) is 9.80 Å². The highest BCUT2D eigenvalue weighted by Gasteiger charge is 2.33. The zero-order valence-corrected chi connectivity index (χ0v) is 28.5. The van der Waals surface area contributed by atoms with E-state index in [1.807, 2.05) is 62.6 Å². The molecule has 2 aliphatic heterocycles. The topological polar surface area (TPSA) is 99.3 Å². The third-order valence-corrected chi connectivity index (χ3v) is 8.99. The number of rotatable bonds is 6. The molecule has 1 atom stereocenters. The van der Waals surface area contributed by atoms with Gasteiger partial charge in [-0.3, -0.25) is 24.1 Å². The van der Waals surface area contributed by atoms with Crippen LogP contribution in [0.3, 0.4) is 0 Å². The second-order valence-electron chi connectivity index (χ2n) is 13.4. The molecule has 248 valence electrons. The molecule has 2 aliphatic rings. The number of piperazine rings is 1. The molecule has 5 rings (SSSR count). The van der Waals surface area contributed by atoms with Gasteiger partial charge >= 0.3 is 5.97 Å². The Morgan fingerprint density at radius 3 is 2.28 bits per heavy atom. The van der Waals surface area contributed by atoms with Crippen LogP contribution in [0.5, 0.6) is 0 Å². The van der Waals surface area contributed by atoms with E-state index in [9.17, 15) is 19.2 Å². The SMILES string of the molecule is Cc1ccccc1C(=O)Nc1ccc(C(=O)N2CCCC(OC(=O)CN3CCN(C(=O)C(C)(C)C)CC3)c3cc(Cl)ccc32)c(C)c1. The summed E-state index contributed by atoms with van der Waals surface area (Å²) in [7, 11) is 0. The number of halogens is 1. The van der Waals surface area contributed by atoms with E-state index in [4.69, 9.17) is 16.3 Å². The standard InChI is InChI=1S/C37H43ClN4O5/c1-24-9-6-7-10-28(24)34(44)39-27-13-14-29(25(2)21-27)35(45)42-16-8-11-32(30-22-26(38)12-15-31(30)42)47-33(43)23-40-17-19-41(20-18-40)36(46)37(3,4)5/h6-7,9-10,12-15,21-22,32H,8,11,16-20,23H2,1-5H3,(H,39,44). The first-order chi connectivity index (χ1) is 22.3. The Morgan fingerprint density at radius 1 is 0.872 bits per heavy atom. The molecule has 0 saturated carbocycles. The van der Waals surface area contributed by atoms with Gasteiger partial charge in [0.05, 0.1) is 12.2 Å². The summed E-state index contributed by atoms with van der Waals surface area (Å²) < 4.78 is 6.04. The first-order valence-electron chi connectivity index (χ1n) is 16.1. The molecule has 2 heterocycles. The lowest BCUT2D eigenvalue weighted by atomic mass is 9.94. The molecule has 47 heavy (non-hydrogen) atoms. The number of hydrogen-bond donors (Lipinski definition) is 1. The third kappa shape index (κ3) is 8.03. The van der Waals surface area contributed by atoms with Crippen molar-refractivity contribution in [3.63, 3.8) is 0 Å². The van der Waals surface area contributed by atoms with Crippen LogP contribution in [0.25, 0.3) is 0 Å². The summed E-state index contributed by atoms with van der Waals surface area (Å²) in [4.78, 5) is 58.3. The molecule has 9 nitrogen and oxygen atoms in total. The number of amides is 3. The first-order valence-corrected chi connectivity index (χ1v) is 16.5. The van der Waals surface area contributed by atoms with Gasteiger partial charge in [0.15, 0.2) is 0 Å². The highest BCUT2D eigenvalue weighted by atomic mass is 35.5. The van der Waals surface area contributed by atoms with E-state index in [2.05, 4.69) is 5.32 Å². The van der Waals surface area contributed by atoms with Gasteiger partial charge in [-0.2, -0.15) is 0 Å². The van der Waals surface area contributed by atoms with E-state index < -0.39 is 11.5 Å². The molecule has 1 N–H and O–H groups in total. The van der Waals surface area contributed by atoms with Crippen LogP contribution >= 0.6 is 11.6 Å². The van der Waals surface area contributed by atoms with Gasteiger partial charge in [0.25, 0.3) is 11.8 Å². The molecule has 3 aromatic rings. The Balaban J connectivity index is 1.27. The van der Waals surface area contributed by atoms with Gasteiger partial charge in [-0.25, -0.2) is 0 Å². The van der Waals surface area contributed by atoms with Gasteiger partial charge in [0.2, 0.25) is 5.91 Å². The molecular formula is C37H43ClN4O5. The molecule has 3 amide bonds. The zero-order valence-electron chi connectivity index (χ0n) is 27.8. The fourth-order valence-electron chi connectivity index (χ4n) is 6.19. The number of nitrogens with zero attached hydrogens (tertiary/aromatic N) is 3. The number of aryl methyl sites for hydroxylation is 2. The van der Waals surface area contributed by atoms with Crippen molar-refractivity contribution >= 4 is 46.7 Å². The largest absolute Gasteiger partial charge is 0.456 e. The van der Waals surface area contributed by atoms with Crippen LogP contribution in [0.4, 0.5) is 11.4 Å². The van der Waals surface area contributed by atoms with Crippen molar-refractivity contribution in [2.75, 3.05) is 49.5 Å². The van der Waals surface area contributed by atoms with Crippen LogP contribution in [0, 0.1) is 19.3 Å². The predicted octanol–water partition coefficient (Wildman–Crippen LogP) is 6.42. The van der Waals surface area contributed by atoms with Gasteiger partial charge in [-0.1, -0.05) is 50.6 Å². The average molecular weight is 659 g/mol. The van der Waals surface area contributed by atoms with E-state index in [1.54, 1.807) is 47.4 Å². The molecule has 0 aliphatic carbocycles. The van der Waals surface area contributed by atoms with Crippen LogP contribution in [0.1, 0.15) is 77.1 Å². The fourth-order valence-corrected chi connectivity index (χ4v) is 6.37. The van der Waals surface area contributed by atoms with Crippen LogP contribution < -0.4 is 10.2 Å². The maximum atomic E-state index is 14.0. The number of nitrogens with one attached hydrogen (secondary N) is 1. The van der Waals surface area contributed by atoms with Gasteiger partial charge in [0, 0.05) is 65.5 Å². The molecule has 1 fully saturated rings. The maximum Gasteiger partial charge on any atom is 0.320 e. The van der Waals surface area contributed by atoms with Gasteiger partial charge in [0.1, 0.15) is 6.10 Å². The van der Waals surface area contributed by atoms with Gasteiger partial charge < -0.3 is 19.9 Å². The summed E-state index contributed by atoms with van der Waals surface area (Å²) in [6.45, 7) is 12.4. The quantitative estimate of drug-likeness (QED) is 0.307. The van der Waals surface area contributed by atoms with Crippen molar-refractivity contribution < 1.29 is 23.9 Å². The average Bonchev–Trinajstić information content (AvgIpc) is 3.19. The van der Waals surface area contributed by atoms with Crippen molar-refractivity contribution in [2.24, 2.45) is 5.41 Å². The van der Waals surface area contributed by atoms with E-state index in [0.717, 1.165) is 11.1 Å². The smallest absolute Gasteiger partial charge is 0.320 e. The minimum atomic E-state index is -0.558. The summed E-state index contributed by atoms with van der Waals surface area (Å²) in [6.07, 6.45) is 0.602. The highest BCUT2D eigenvalue weighted by molar-refractivity contribution is 6.30. The number of carbonyl (C=O) groups is 4. The Bertz CT molecular complexity index is 1680. The van der Waals surface area contributed by atoms with Crippen molar-refractivity contribution in [3.05, 3.63) is 93.5 Å². The minimum absolute atomic E-state index is 0.113. The molecule has 0 radical (unpaired) electrons. The summed E-state index contributed by atoms with van der Waals surface area (Å²) in [5.74, 6) is -0.631. The summed E-state index contributed by atoms with van der Waals surface area (Å²) in [5, 5.41) is 3.43. The third-order valence-electron chi connectivity index (χ3n) is 8.75. The number of ether oxygens (including phenoxy) is 1. The summed E-state index contributed by atoms with van der Waals surface area (Å²) >= 11 is 6.42. The zero-order chi connectivity index (χ0) is 33.9. The van der Waals surface area contributed by atoms with Crippen molar-refractivity contribution in [1.29, 1.82) is 0 Å². The number of anilines is 2. The Kier molecular flexibility index (Phi) is 10.4. The molecule has 0 spiro atoms. The molecule has 1 unspecified atom stereocenters. The number of benzene rings is 3. The fraction of sp³-hybridized carbons (Fsp3) is 0.405. The highest BCUT2D eigenvalue weighted by Crippen LogP contribution is 2.38. The van der Waals surface area contributed by atoms with Crippen molar-refractivity contribution in [2.45, 2.75) is 53.6 Å². The monoisotopic (exact) mass is 658 g/mol. The van der Waals surface area contributed by atoms with E-state index in [0.29, 0.717) is 78.7 Å². The number of hydrogen-bond acceptors (Lipinski definition) is 6. The van der Waals surface area contributed by atoms with Gasteiger partial charge in [-0.15, -0.1) is 0 Å². The molecule has 0 bridgehead atoms. The molecule has 0 aromatic heterocycles. The van der Waals surface area contributed by atoms with Crippen LogP contribution in [-0.4, -0.2) is 72.8 Å². The Hall–Kier alpha value is -4.21. The molecular weight excluding hydrogens is 616 g/mol. The second-order valence-corrected chi connectivity index (χ2v) is 13.8. The minimum Gasteiger partial charge on any atom is -0.456 e. The second kappa shape index (κ2) is 14.3. The molecule has 10 heteroatoms. The Labute approximate surface area is 281 Å². The lowest BCUT2D eigenvalue weighted by Gasteiger charge is -2.37. The van der Waals surface area contributed by atoms with E-state index in [1.165, 1.54) is 0 Å². The van der Waals surface area contributed by atoms with Crippen molar-refractivity contribution in [3.8, 4) is 0 Å². The first kappa shape index (κ1) is 34.1. The Morgan fingerprint density at radius 2 is 1.60 bits per heavy atom. The predicted molar refractivity (Wildman–Crippen MR) is 184 cm³/mol. The number of esters is 1. The summed E-state index contributed by atoms with van der Waals surface area (Å²) in [5.41, 5.74) is 4.22. The van der Waals surface area contributed by atoms with Gasteiger partial charge in [-0.05, 0) is 80.3 Å². The number of fused-ring (bicyclic) bond motifs is 1. The number of carbonyl (C=O) groups excluding carboxylic acids is 4. The normalized spacial score (nSPS) is 17.0. The van der Waals surface area contributed by atoms with Crippen LogP contribution in [0.2, 0.25) is 5.02 Å². The van der Waals surface area contributed by atoms with E-state index in [-0.39, 0.29) is 30.2 Å². The lowest BCUT2D eigenvalue weighted by Crippen LogP contribution is -2.52. The van der Waals surface area contributed by atoms with Crippen LogP contribution in [0.15, 0.2) is 60.7 Å². The molecule has 3 aromatic carbocycles. The lowest BCUT2D eigenvalue weighted by molar-refractivity contribution is -0.152. The maximum absolute atomic E-state index is 14.0. The summed E-state index contributed by atoms with van der Waals surface area (Å²) in [6, 6.07) is 18.0.